The summed E-state index contributed by atoms with van der Waals surface area (Å²) in [5, 5.41) is 13.3. The van der Waals surface area contributed by atoms with Crippen LogP contribution in [0.2, 0.25) is 0 Å². The number of nitrogen functional groups attached to an aromatic ring is 1. The number of rotatable bonds is 3. The van der Waals surface area contributed by atoms with Crippen LogP contribution in [0.4, 0.5) is 15.8 Å². The van der Waals surface area contributed by atoms with Crippen molar-refractivity contribution >= 4 is 17.3 Å². The Morgan fingerprint density at radius 2 is 2.16 bits per heavy atom. The van der Waals surface area contributed by atoms with Gasteiger partial charge in [-0.15, -0.1) is 0 Å². The first-order valence-corrected chi connectivity index (χ1v) is 5.77. The van der Waals surface area contributed by atoms with Crippen molar-refractivity contribution in [2.75, 3.05) is 5.73 Å². The number of nitrogens with one attached hydrogen (secondary N) is 1. The van der Waals surface area contributed by atoms with Crippen LogP contribution in [0.5, 0.6) is 0 Å². The quantitative estimate of drug-likeness (QED) is 0.496. The molecule has 1 fully saturated rings. The molecule has 19 heavy (non-hydrogen) atoms. The van der Waals surface area contributed by atoms with Gasteiger partial charge in [-0.25, -0.2) is 4.39 Å². The second kappa shape index (κ2) is 4.18. The zero-order chi connectivity index (χ0) is 14.4. The molecule has 2 rings (SSSR count). The number of nitrogens with two attached hydrogens (primary N) is 1. The van der Waals surface area contributed by atoms with Crippen molar-refractivity contribution in [3.8, 4) is 0 Å². The summed E-state index contributed by atoms with van der Waals surface area (Å²) in [6.07, 6.45) is 0.787. The zero-order valence-electron chi connectivity index (χ0n) is 10.6. The number of nitro groups is 1. The molecule has 1 unspecified atom stereocenters. The van der Waals surface area contributed by atoms with Crippen LogP contribution < -0.4 is 11.1 Å². The molecule has 0 saturated heterocycles. The maximum atomic E-state index is 13.6. The maximum Gasteiger partial charge on any atom is 0.293 e. The van der Waals surface area contributed by atoms with Crippen molar-refractivity contribution in [3.05, 3.63) is 33.6 Å². The third-order valence-corrected chi connectivity index (χ3v) is 3.41. The number of hydrogen-bond acceptors (Lipinski definition) is 4. The molecule has 0 aromatic heterocycles. The lowest BCUT2D eigenvalue weighted by Crippen LogP contribution is -2.30. The summed E-state index contributed by atoms with van der Waals surface area (Å²) >= 11 is 0. The first kappa shape index (κ1) is 13.3. The van der Waals surface area contributed by atoms with E-state index in [-0.39, 0.29) is 11.5 Å². The van der Waals surface area contributed by atoms with E-state index in [1.54, 1.807) is 0 Å². The van der Waals surface area contributed by atoms with E-state index in [2.05, 4.69) is 5.32 Å². The molecule has 1 aliphatic carbocycles. The molecule has 0 radical (unpaired) electrons. The smallest absolute Gasteiger partial charge is 0.293 e. The molecule has 1 aromatic rings. The van der Waals surface area contributed by atoms with Gasteiger partial charge in [0, 0.05) is 12.1 Å². The highest BCUT2D eigenvalue weighted by Gasteiger charge is 2.47. The molecule has 0 heterocycles. The van der Waals surface area contributed by atoms with Gasteiger partial charge in [-0.1, -0.05) is 13.8 Å². The summed E-state index contributed by atoms with van der Waals surface area (Å²) in [5.41, 5.74) is 4.11. The van der Waals surface area contributed by atoms with E-state index in [0.717, 1.165) is 18.6 Å². The summed E-state index contributed by atoms with van der Waals surface area (Å²) < 4.78 is 13.6. The van der Waals surface area contributed by atoms with Gasteiger partial charge < -0.3 is 11.1 Å². The minimum Gasteiger partial charge on any atom is -0.392 e. The first-order valence-electron chi connectivity index (χ1n) is 5.77. The molecule has 0 spiro atoms. The van der Waals surface area contributed by atoms with Crippen molar-refractivity contribution in [2.45, 2.75) is 26.3 Å². The van der Waals surface area contributed by atoms with Gasteiger partial charge in [0.25, 0.3) is 11.6 Å². The van der Waals surface area contributed by atoms with Crippen molar-refractivity contribution in [3.63, 3.8) is 0 Å². The van der Waals surface area contributed by atoms with Crippen molar-refractivity contribution in [2.24, 2.45) is 5.41 Å². The van der Waals surface area contributed by atoms with Gasteiger partial charge in [0.1, 0.15) is 17.1 Å². The molecule has 1 aromatic carbocycles. The second-order valence-corrected chi connectivity index (χ2v) is 5.33. The Bertz CT molecular complexity index is 572. The SMILES string of the molecule is CC1(C)CC1NC(=O)c1c(F)ccc([N+](=O)[O-])c1N. The summed E-state index contributed by atoms with van der Waals surface area (Å²) in [6.45, 7) is 3.93. The molecule has 1 saturated carbocycles. The molecular formula is C12H14FN3O3. The van der Waals surface area contributed by atoms with E-state index >= 15 is 0 Å². The van der Waals surface area contributed by atoms with Crippen LogP contribution in [-0.2, 0) is 0 Å². The zero-order valence-corrected chi connectivity index (χ0v) is 10.6. The fourth-order valence-electron chi connectivity index (χ4n) is 1.92. The van der Waals surface area contributed by atoms with Crippen LogP contribution >= 0.6 is 0 Å². The van der Waals surface area contributed by atoms with Crippen LogP contribution in [0, 0.1) is 21.3 Å². The Labute approximate surface area is 108 Å². The van der Waals surface area contributed by atoms with Crippen molar-refractivity contribution < 1.29 is 14.1 Å². The lowest BCUT2D eigenvalue weighted by Gasteiger charge is -2.10. The van der Waals surface area contributed by atoms with Gasteiger partial charge in [0.15, 0.2) is 0 Å². The van der Waals surface area contributed by atoms with Gasteiger partial charge in [0.2, 0.25) is 0 Å². The molecule has 7 heteroatoms. The van der Waals surface area contributed by atoms with Crippen LogP contribution in [0.25, 0.3) is 0 Å². The minimum atomic E-state index is -0.862. The number of amides is 1. The molecule has 0 aliphatic heterocycles. The summed E-state index contributed by atoms with van der Waals surface area (Å²) in [4.78, 5) is 21.9. The van der Waals surface area contributed by atoms with Crippen LogP contribution in [0.3, 0.4) is 0 Å². The van der Waals surface area contributed by atoms with E-state index in [4.69, 9.17) is 5.73 Å². The molecular weight excluding hydrogens is 253 g/mol. The average molecular weight is 267 g/mol. The highest BCUT2D eigenvalue weighted by Crippen LogP contribution is 2.44. The Morgan fingerprint density at radius 1 is 1.58 bits per heavy atom. The Kier molecular flexibility index (Phi) is 2.92. The normalized spacial score (nSPS) is 19.8. The molecule has 1 atom stereocenters. The largest absolute Gasteiger partial charge is 0.392 e. The van der Waals surface area contributed by atoms with E-state index in [9.17, 15) is 19.3 Å². The number of anilines is 1. The molecule has 1 aliphatic rings. The lowest BCUT2D eigenvalue weighted by molar-refractivity contribution is -0.384. The maximum absolute atomic E-state index is 13.6. The van der Waals surface area contributed by atoms with Gasteiger partial charge in [0.05, 0.1) is 4.92 Å². The summed E-state index contributed by atoms with van der Waals surface area (Å²) in [5.74, 6) is -1.58. The van der Waals surface area contributed by atoms with Crippen LogP contribution in [-0.4, -0.2) is 16.9 Å². The molecule has 1 amide bonds. The number of halogens is 1. The molecule has 102 valence electrons. The fourth-order valence-corrected chi connectivity index (χ4v) is 1.92. The molecule has 3 N–H and O–H groups in total. The Balaban J connectivity index is 2.31. The lowest BCUT2D eigenvalue weighted by atomic mass is 10.1. The van der Waals surface area contributed by atoms with Gasteiger partial charge in [-0.2, -0.15) is 0 Å². The highest BCUT2D eigenvalue weighted by molar-refractivity contribution is 6.01. The standard InChI is InChI=1S/C12H14FN3O3/c1-12(2)5-8(12)15-11(17)9-6(13)3-4-7(10(9)14)16(18)19/h3-4,8H,5,14H2,1-2H3,(H,15,17). The first-order chi connectivity index (χ1) is 8.74. The van der Waals surface area contributed by atoms with E-state index < -0.39 is 33.6 Å². The van der Waals surface area contributed by atoms with E-state index in [0.29, 0.717) is 0 Å². The number of hydrogen-bond donors (Lipinski definition) is 2. The van der Waals surface area contributed by atoms with Crippen LogP contribution in [0.1, 0.15) is 30.6 Å². The average Bonchev–Trinajstić information content (AvgIpc) is 2.84. The van der Waals surface area contributed by atoms with E-state index in [1.807, 2.05) is 13.8 Å². The topological polar surface area (TPSA) is 98.3 Å². The predicted octanol–water partition coefficient (Wildman–Crippen LogP) is 1.84. The number of nitro benzene ring substituents is 1. The number of benzene rings is 1. The summed E-state index contributed by atoms with van der Waals surface area (Å²) in [6, 6.07) is 1.77. The molecule has 6 nitrogen and oxygen atoms in total. The highest BCUT2D eigenvalue weighted by atomic mass is 19.1. The van der Waals surface area contributed by atoms with Crippen LogP contribution in [0.15, 0.2) is 12.1 Å². The molecule has 0 bridgehead atoms. The predicted molar refractivity (Wildman–Crippen MR) is 67.1 cm³/mol. The van der Waals surface area contributed by atoms with Crippen molar-refractivity contribution in [1.82, 2.24) is 5.32 Å². The van der Waals surface area contributed by atoms with Gasteiger partial charge in [-0.3, -0.25) is 14.9 Å². The third kappa shape index (κ3) is 2.35. The van der Waals surface area contributed by atoms with E-state index in [1.165, 1.54) is 0 Å². The van der Waals surface area contributed by atoms with Gasteiger partial charge in [-0.05, 0) is 17.9 Å². The Hall–Kier alpha value is -2.18. The minimum absolute atomic E-state index is 0.0262. The third-order valence-electron chi connectivity index (χ3n) is 3.41. The number of carbonyl (C=O) groups excluding carboxylic acids is 1. The Morgan fingerprint density at radius 3 is 2.63 bits per heavy atom. The number of carbonyl (C=O) groups is 1. The second-order valence-electron chi connectivity index (χ2n) is 5.33. The monoisotopic (exact) mass is 267 g/mol. The number of nitrogens with zero attached hydrogens (tertiary/aromatic N) is 1. The van der Waals surface area contributed by atoms with Gasteiger partial charge >= 0.3 is 0 Å². The fraction of sp³-hybridized carbons (Fsp3) is 0.417. The van der Waals surface area contributed by atoms with Crippen molar-refractivity contribution in [1.29, 1.82) is 0 Å². The summed E-state index contributed by atoms with van der Waals surface area (Å²) in [7, 11) is 0.